The molecule has 23 heavy (non-hydrogen) atoms. The average molecular weight is 332 g/mol. The van der Waals surface area contributed by atoms with Gasteiger partial charge in [-0.15, -0.1) is 0 Å². The first kappa shape index (κ1) is 17.4. The second-order valence-electron chi connectivity index (χ2n) is 5.91. The summed E-state index contributed by atoms with van der Waals surface area (Å²) in [7, 11) is 0. The number of hydrogen-bond acceptors (Lipinski definition) is 2. The molecule has 4 heteroatoms. The molecule has 0 saturated heterocycles. The molecule has 0 bridgehead atoms. The highest BCUT2D eigenvalue weighted by atomic mass is 35.5. The van der Waals surface area contributed by atoms with E-state index in [1.165, 1.54) is 5.56 Å². The highest BCUT2D eigenvalue weighted by Crippen LogP contribution is 2.21. The molecule has 0 heterocycles. The molecule has 0 fully saturated rings. The fraction of sp³-hybridized carbons (Fsp3) is 0.316. The molecule has 1 amide bonds. The number of aryl methyl sites for hydroxylation is 1. The lowest BCUT2D eigenvalue weighted by Gasteiger charge is -2.25. The van der Waals surface area contributed by atoms with Gasteiger partial charge in [0.1, 0.15) is 5.75 Å². The Labute approximate surface area is 142 Å². The Hall–Kier alpha value is -2.00. The van der Waals surface area contributed by atoms with Gasteiger partial charge in [-0.1, -0.05) is 41.9 Å². The topological polar surface area (TPSA) is 38.3 Å². The van der Waals surface area contributed by atoms with Gasteiger partial charge in [0.15, 0.2) is 5.60 Å². The maximum atomic E-state index is 12.3. The van der Waals surface area contributed by atoms with Crippen molar-refractivity contribution in [2.24, 2.45) is 0 Å². The standard InChI is InChI=1S/C19H22ClNO2/c1-19(2,23-17-12-10-16(20)11-13-17)18(22)21-14-6-9-15-7-4-3-5-8-15/h3-5,7-8,10-13H,6,9,14H2,1-2H3,(H,21,22). The van der Waals surface area contributed by atoms with Crippen molar-refractivity contribution in [2.75, 3.05) is 6.54 Å². The van der Waals surface area contributed by atoms with Crippen molar-refractivity contribution >= 4 is 17.5 Å². The van der Waals surface area contributed by atoms with Gasteiger partial charge >= 0.3 is 0 Å². The summed E-state index contributed by atoms with van der Waals surface area (Å²) in [5.74, 6) is 0.499. The Bertz CT molecular complexity index is 624. The molecule has 2 aromatic carbocycles. The van der Waals surface area contributed by atoms with Gasteiger partial charge < -0.3 is 10.1 Å². The molecule has 3 nitrogen and oxygen atoms in total. The molecule has 0 radical (unpaired) electrons. The summed E-state index contributed by atoms with van der Waals surface area (Å²) in [6.45, 7) is 4.14. The molecule has 0 aromatic heterocycles. The van der Waals surface area contributed by atoms with Crippen LogP contribution in [0, 0.1) is 0 Å². The Balaban J connectivity index is 1.78. The molecular formula is C19H22ClNO2. The van der Waals surface area contributed by atoms with Crippen LogP contribution in [0.15, 0.2) is 54.6 Å². The summed E-state index contributed by atoms with van der Waals surface area (Å²) >= 11 is 5.85. The van der Waals surface area contributed by atoms with Crippen LogP contribution in [-0.2, 0) is 11.2 Å². The van der Waals surface area contributed by atoms with Crippen LogP contribution in [0.4, 0.5) is 0 Å². The Morgan fingerprint density at radius 3 is 2.39 bits per heavy atom. The smallest absolute Gasteiger partial charge is 0.263 e. The van der Waals surface area contributed by atoms with Gasteiger partial charge in [0.25, 0.3) is 5.91 Å². The van der Waals surface area contributed by atoms with Crippen LogP contribution >= 0.6 is 11.6 Å². The predicted octanol–water partition coefficient (Wildman–Crippen LogP) is 4.25. The maximum Gasteiger partial charge on any atom is 0.263 e. The SMILES string of the molecule is CC(C)(Oc1ccc(Cl)cc1)C(=O)NCCCc1ccccc1. The first-order valence-corrected chi connectivity index (χ1v) is 8.12. The quantitative estimate of drug-likeness (QED) is 0.770. The van der Waals surface area contributed by atoms with Crippen LogP contribution < -0.4 is 10.1 Å². The van der Waals surface area contributed by atoms with Crippen LogP contribution in [0.2, 0.25) is 5.02 Å². The maximum absolute atomic E-state index is 12.3. The molecule has 122 valence electrons. The lowest BCUT2D eigenvalue weighted by atomic mass is 10.1. The highest BCUT2D eigenvalue weighted by Gasteiger charge is 2.29. The molecule has 0 spiro atoms. The number of ether oxygens (including phenoxy) is 1. The zero-order valence-corrected chi connectivity index (χ0v) is 14.3. The summed E-state index contributed by atoms with van der Waals surface area (Å²) in [5, 5.41) is 3.57. The minimum Gasteiger partial charge on any atom is -0.478 e. The zero-order valence-electron chi connectivity index (χ0n) is 13.5. The van der Waals surface area contributed by atoms with E-state index < -0.39 is 5.60 Å². The number of halogens is 1. The van der Waals surface area contributed by atoms with Crippen molar-refractivity contribution in [3.8, 4) is 5.75 Å². The summed E-state index contributed by atoms with van der Waals surface area (Å²) in [6.07, 6.45) is 1.84. The summed E-state index contributed by atoms with van der Waals surface area (Å²) in [5.41, 5.74) is 0.346. The third-order valence-electron chi connectivity index (χ3n) is 3.50. The number of nitrogens with one attached hydrogen (secondary N) is 1. The van der Waals surface area contributed by atoms with Gasteiger partial charge in [-0.2, -0.15) is 0 Å². The van der Waals surface area contributed by atoms with Crippen LogP contribution in [0.5, 0.6) is 5.75 Å². The van der Waals surface area contributed by atoms with Gasteiger partial charge in [-0.05, 0) is 56.5 Å². The van der Waals surface area contributed by atoms with E-state index in [1.807, 2.05) is 18.2 Å². The summed E-state index contributed by atoms with van der Waals surface area (Å²) in [6, 6.07) is 17.2. The van der Waals surface area contributed by atoms with Crippen molar-refractivity contribution in [3.05, 3.63) is 65.2 Å². The molecule has 2 aromatic rings. The van der Waals surface area contributed by atoms with E-state index in [0.717, 1.165) is 12.8 Å². The number of rotatable bonds is 7. The largest absolute Gasteiger partial charge is 0.478 e. The Morgan fingerprint density at radius 2 is 1.74 bits per heavy atom. The second-order valence-corrected chi connectivity index (χ2v) is 6.35. The zero-order chi connectivity index (χ0) is 16.7. The summed E-state index contributed by atoms with van der Waals surface area (Å²) < 4.78 is 5.76. The lowest BCUT2D eigenvalue weighted by molar-refractivity contribution is -0.134. The Morgan fingerprint density at radius 1 is 1.09 bits per heavy atom. The minimum absolute atomic E-state index is 0.125. The minimum atomic E-state index is -0.930. The third kappa shape index (κ3) is 5.61. The number of hydrogen-bond donors (Lipinski definition) is 1. The van der Waals surface area contributed by atoms with Crippen molar-refractivity contribution in [3.63, 3.8) is 0 Å². The van der Waals surface area contributed by atoms with Crippen molar-refractivity contribution in [1.82, 2.24) is 5.32 Å². The summed E-state index contributed by atoms with van der Waals surface area (Å²) in [4.78, 5) is 12.3. The van der Waals surface area contributed by atoms with E-state index >= 15 is 0 Å². The monoisotopic (exact) mass is 331 g/mol. The van der Waals surface area contributed by atoms with Crippen molar-refractivity contribution in [1.29, 1.82) is 0 Å². The number of carbonyl (C=O) groups is 1. The molecule has 0 aliphatic rings. The average Bonchev–Trinajstić information content (AvgIpc) is 2.54. The number of carbonyl (C=O) groups excluding carboxylic acids is 1. The molecular weight excluding hydrogens is 310 g/mol. The molecule has 2 rings (SSSR count). The fourth-order valence-electron chi connectivity index (χ4n) is 2.20. The van der Waals surface area contributed by atoms with Crippen LogP contribution in [-0.4, -0.2) is 18.1 Å². The second kappa shape index (κ2) is 8.02. The first-order chi connectivity index (χ1) is 11.0. The van der Waals surface area contributed by atoms with Gasteiger partial charge in [-0.25, -0.2) is 0 Å². The van der Waals surface area contributed by atoms with E-state index in [9.17, 15) is 4.79 Å². The molecule has 1 N–H and O–H groups in total. The predicted molar refractivity (Wildman–Crippen MR) is 93.9 cm³/mol. The highest BCUT2D eigenvalue weighted by molar-refractivity contribution is 6.30. The van der Waals surface area contributed by atoms with Crippen molar-refractivity contribution < 1.29 is 9.53 Å². The first-order valence-electron chi connectivity index (χ1n) is 7.74. The van der Waals surface area contributed by atoms with Crippen LogP contribution in [0.3, 0.4) is 0 Å². The van der Waals surface area contributed by atoms with Crippen LogP contribution in [0.1, 0.15) is 25.8 Å². The van der Waals surface area contributed by atoms with E-state index in [0.29, 0.717) is 17.3 Å². The van der Waals surface area contributed by atoms with Gasteiger partial charge in [0.2, 0.25) is 0 Å². The molecule has 0 aliphatic carbocycles. The van der Waals surface area contributed by atoms with E-state index in [2.05, 4.69) is 17.4 Å². The molecule has 0 atom stereocenters. The van der Waals surface area contributed by atoms with Gasteiger partial charge in [0, 0.05) is 11.6 Å². The third-order valence-corrected chi connectivity index (χ3v) is 3.76. The number of amides is 1. The van der Waals surface area contributed by atoms with Crippen LogP contribution in [0.25, 0.3) is 0 Å². The van der Waals surface area contributed by atoms with Crippen molar-refractivity contribution in [2.45, 2.75) is 32.3 Å². The Kier molecular flexibility index (Phi) is 6.05. The van der Waals surface area contributed by atoms with Gasteiger partial charge in [-0.3, -0.25) is 4.79 Å². The van der Waals surface area contributed by atoms with E-state index in [-0.39, 0.29) is 5.91 Å². The normalized spacial score (nSPS) is 11.1. The van der Waals surface area contributed by atoms with Gasteiger partial charge in [0.05, 0.1) is 0 Å². The number of benzene rings is 2. The fourth-order valence-corrected chi connectivity index (χ4v) is 2.32. The molecule has 0 aliphatic heterocycles. The van der Waals surface area contributed by atoms with E-state index in [4.69, 9.17) is 16.3 Å². The molecule has 0 unspecified atom stereocenters. The molecule has 0 saturated carbocycles. The van der Waals surface area contributed by atoms with E-state index in [1.54, 1.807) is 38.1 Å². The lowest BCUT2D eigenvalue weighted by Crippen LogP contribution is -2.46.